The third-order valence-corrected chi connectivity index (χ3v) is 13.7. The number of Topliss-reactive ketones (excluding diaryl/α,β-unsaturated/α-hetero) is 1. The lowest BCUT2D eigenvalue weighted by molar-refractivity contribution is -0.300. The van der Waals surface area contributed by atoms with Gasteiger partial charge in [-0.05, 0) is 108 Å². The molecule has 4 rings (SSSR count). The molecule has 4 heterocycles. The van der Waals surface area contributed by atoms with Crippen molar-refractivity contribution in [3.63, 3.8) is 0 Å². The third-order valence-electron chi connectivity index (χ3n) is 13.7. The number of cyclic esters (lactones) is 1. The molecule has 0 unspecified atom stereocenters. The van der Waals surface area contributed by atoms with Crippen molar-refractivity contribution in [1.82, 2.24) is 9.80 Å². The smallest absolute Gasteiger partial charge is 0.411 e. The van der Waals surface area contributed by atoms with Crippen LogP contribution in [0.2, 0.25) is 0 Å². The summed E-state index contributed by atoms with van der Waals surface area (Å²) in [6.45, 7) is 27.3. The number of fused-ring (bicyclic) bond motifs is 1. The molecule has 56 heavy (non-hydrogen) atoms. The van der Waals surface area contributed by atoms with Crippen LogP contribution in [0.4, 0.5) is 4.79 Å². The molecule has 0 N–H and O–H groups in total. The lowest BCUT2D eigenvalue weighted by Gasteiger charge is -2.49. The van der Waals surface area contributed by atoms with E-state index in [0.717, 1.165) is 25.0 Å². The molecule has 0 aromatic rings. The first-order valence-corrected chi connectivity index (χ1v) is 20.8. The Bertz CT molecular complexity index is 1550. The van der Waals surface area contributed by atoms with Gasteiger partial charge in [-0.25, -0.2) is 4.79 Å². The molecule has 318 valence electrons. The molecular formula is C44H73N3O9. The molecule has 12 nitrogen and oxygen atoms in total. The summed E-state index contributed by atoms with van der Waals surface area (Å²) in [5.41, 5.74) is -4.69. The zero-order valence-electron chi connectivity index (χ0n) is 37.5. The van der Waals surface area contributed by atoms with Gasteiger partial charge in [0, 0.05) is 37.1 Å². The van der Waals surface area contributed by atoms with E-state index in [4.69, 9.17) is 33.4 Å². The van der Waals surface area contributed by atoms with Gasteiger partial charge in [-0.1, -0.05) is 40.5 Å². The predicted molar refractivity (Wildman–Crippen MR) is 216 cm³/mol. The van der Waals surface area contributed by atoms with E-state index in [-0.39, 0.29) is 36.4 Å². The fraction of sp³-hybridized carbons (Fsp3) is 0.864. The number of amides is 1. The maximum atomic E-state index is 15.0. The van der Waals surface area contributed by atoms with Crippen LogP contribution in [0.3, 0.4) is 0 Å². The maximum absolute atomic E-state index is 15.0. The number of rotatable bonds is 8. The van der Waals surface area contributed by atoms with E-state index in [1.807, 2.05) is 74.4 Å². The monoisotopic (exact) mass is 788 g/mol. The molecule has 0 radical (unpaired) electrons. The van der Waals surface area contributed by atoms with E-state index in [9.17, 15) is 14.4 Å². The quantitative estimate of drug-likeness (QED) is 0.147. The molecule has 2 bridgehead atoms. The second-order valence-corrected chi connectivity index (χ2v) is 19.0. The number of carbonyl (C=O) groups excluding carboxylic acids is 3. The number of hydrogen-bond acceptors (Lipinski definition) is 11. The molecule has 0 aromatic carbocycles. The van der Waals surface area contributed by atoms with Crippen molar-refractivity contribution in [2.75, 3.05) is 27.8 Å². The molecule has 3 saturated heterocycles. The zero-order valence-corrected chi connectivity index (χ0v) is 37.5. The van der Waals surface area contributed by atoms with Gasteiger partial charge < -0.3 is 33.3 Å². The van der Waals surface area contributed by atoms with Crippen LogP contribution in [0.15, 0.2) is 4.99 Å². The van der Waals surface area contributed by atoms with E-state index in [2.05, 4.69) is 37.5 Å². The number of hydrogen-bond donors (Lipinski definition) is 0. The molecule has 4 aliphatic heterocycles. The first-order valence-electron chi connectivity index (χ1n) is 20.8. The summed E-state index contributed by atoms with van der Waals surface area (Å²) >= 11 is 0. The standard InChI is InChI=1S/C44H73N3O9/c1-18-20-21-22-23-52-43(13)25-26(3)32-28(5)34-44(14,56-39(50)47(34)42(11,12)41(9,10)45-32)31(19-2)54-38(49)40(7,8)35(48)29(6)36(43)55-37-33(51-17)30(46(15)16)24-27(4)53-37/h26-31,33-34,36-37H,18-20,23-25H2,1-17H3/t26-,27-,28+,29+,30+,31-,33-,34-,36-,37+,43+,44-/m1/s1. The van der Waals surface area contributed by atoms with Crippen LogP contribution in [0.25, 0.3) is 0 Å². The average molecular weight is 788 g/mol. The number of ether oxygens (including phenoxy) is 6. The highest BCUT2D eigenvalue weighted by molar-refractivity contribution is 6.04. The summed E-state index contributed by atoms with van der Waals surface area (Å²) in [5.74, 6) is 3.87. The Labute approximate surface area is 337 Å². The SMILES string of the molecule is CCCC#CCO[C@@]1(C)C[C@@H](C)C2=NC(C)(C)C(C)(C)N3C(=O)O[C@](C)([C@@H](CC)OC(=O)C(C)(C)C(=O)[C@H](C)[C@H]1O[C@@H]1O[C@H](C)C[C@H](N(C)C)[C@H]1OC)[C@H]3[C@H]2C. The largest absolute Gasteiger partial charge is 0.457 e. The van der Waals surface area contributed by atoms with Crippen LogP contribution >= 0.6 is 0 Å². The minimum absolute atomic E-state index is 0.0259. The Morgan fingerprint density at radius 2 is 1.59 bits per heavy atom. The van der Waals surface area contributed by atoms with Crippen molar-refractivity contribution in [3.05, 3.63) is 0 Å². The van der Waals surface area contributed by atoms with Crippen molar-refractivity contribution in [2.24, 2.45) is 28.2 Å². The number of carbonyl (C=O) groups is 3. The minimum Gasteiger partial charge on any atom is -0.457 e. The predicted octanol–water partition coefficient (Wildman–Crippen LogP) is 6.85. The normalized spacial score (nSPS) is 39.8. The number of methoxy groups -OCH3 is 1. The van der Waals surface area contributed by atoms with Crippen LogP contribution in [0, 0.1) is 35.0 Å². The second-order valence-electron chi connectivity index (χ2n) is 19.0. The summed E-state index contributed by atoms with van der Waals surface area (Å²) in [6, 6.07) is -0.574. The molecule has 0 aromatic heterocycles. The van der Waals surface area contributed by atoms with E-state index >= 15 is 0 Å². The van der Waals surface area contributed by atoms with Gasteiger partial charge in [0.25, 0.3) is 0 Å². The maximum Gasteiger partial charge on any atom is 0.411 e. The van der Waals surface area contributed by atoms with Gasteiger partial charge in [0.1, 0.15) is 24.2 Å². The summed E-state index contributed by atoms with van der Waals surface area (Å²) in [5, 5.41) is 0. The zero-order chi connectivity index (χ0) is 42.3. The third kappa shape index (κ3) is 8.32. The molecule has 0 aliphatic carbocycles. The highest BCUT2D eigenvalue weighted by Crippen LogP contribution is 2.50. The number of ketones is 1. The van der Waals surface area contributed by atoms with Crippen molar-refractivity contribution in [1.29, 1.82) is 0 Å². The van der Waals surface area contributed by atoms with Crippen LogP contribution in [-0.2, 0) is 38.0 Å². The average Bonchev–Trinajstić information content (AvgIpc) is 3.37. The number of aliphatic imine (C=N–C) groups is 1. The van der Waals surface area contributed by atoms with Crippen molar-refractivity contribution in [3.8, 4) is 11.8 Å². The summed E-state index contributed by atoms with van der Waals surface area (Å²) in [6.07, 6.45) is -0.647. The summed E-state index contributed by atoms with van der Waals surface area (Å²) in [7, 11) is 5.66. The van der Waals surface area contributed by atoms with Crippen LogP contribution in [0.5, 0.6) is 0 Å². The number of likely N-dealkylation sites (N-methyl/N-ethyl adjacent to an activating group) is 1. The van der Waals surface area contributed by atoms with Crippen molar-refractivity contribution < 1.29 is 42.8 Å². The molecule has 12 atom stereocenters. The Kier molecular flexibility index (Phi) is 14.0. The summed E-state index contributed by atoms with van der Waals surface area (Å²) < 4.78 is 39.3. The van der Waals surface area contributed by atoms with Gasteiger partial charge in [-0.3, -0.25) is 19.5 Å². The molecule has 1 amide bonds. The fourth-order valence-electron chi connectivity index (χ4n) is 9.76. The van der Waals surface area contributed by atoms with Crippen LogP contribution < -0.4 is 0 Å². The van der Waals surface area contributed by atoms with Crippen LogP contribution in [0.1, 0.15) is 129 Å². The molecule has 12 heteroatoms. The van der Waals surface area contributed by atoms with E-state index in [1.54, 1.807) is 27.9 Å². The van der Waals surface area contributed by atoms with E-state index < -0.39 is 76.3 Å². The van der Waals surface area contributed by atoms with Gasteiger partial charge in [-0.15, -0.1) is 5.92 Å². The Morgan fingerprint density at radius 1 is 0.946 bits per heavy atom. The Hall–Kier alpha value is -2.56. The van der Waals surface area contributed by atoms with Crippen molar-refractivity contribution >= 4 is 23.6 Å². The molecule has 0 saturated carbocycles. The number of esters is 1. The second kappa shape index (κ2) is 17.0. The Balaban J connectivity index is 2.00. The molecule has 0 spiro atoms. The van der Waals surface area contributed by atoms with Crippen molar-refractivity contribution in [2.45, 2.75) is 194 Å². The molecular weight excluding hydrogens is 714 g/mol. The van der Waals surface area contributed by atoms with Gasteiger partial charge in [-0.2, -0.15) is 0 Å². The first kappa shape index (κ1) is 46.1. The van der Waals surface area contributed by atoms with Gasteiger partial charge >= 0.3 is 12.1 Å². The minimum atomic E-state index is -1.61. The van der Waals surface area contributed by atoms with Gasteiger partial charge in [0.2, 0.25) is 0 Å². The van der Waals surface area contributed by atoms with Crippen LogP contribution in [-0.4, -0.2) is 126 Å². The van der Waals surface area contributed by atoms with E-state index in [0.29, 0.717) is 12.8 Å². The number of nitrogens with zero attached hydrogens (tertiary/aromatic N) is 3. The molecule has 4 aliphatic rings. The number of unbranched alkanes of at least 4 members (excludes halogenated alkanes) is 1. The fourth-order valence-corrected chi connectivity index (χ4v) is 9.76. The lowest BCUT2D eigenvalue weighted by Crippen LogP contribution is -2.64. The Morgan fingerprint density at radius 3 is 2.16 bits per heavy atom. The molecule has 3 fully saturated rings. The highest BCUT2D eigenvalue weighted by atomic mass is 16.7. The van der Waals surface area contributed by atoms with Gasteiger partial charge in [0.05, 0.1) is 34.9 Å². The topological polar surface area (TPSA) is 125 Å². The van der Waals surface area contributed by atoms with E-state index in [1.165, 1.54) is 0 Å². The van der Waals surface area contributed by atoms with Gasteiger partial charge in [0.15, 0.2) is 17.7 Å². The summed E-state index contributed by atoms with van der Waals surface area (Å²) in [4.78, 5) is 53.0. The first-order chi connectivity index (χ1) is 25.9. The highest BCUT2D eigenvalue weighted by Gasteiger charge is 2.66. The lowest BCUT2D eigenvalue weighted by atomic mass is 9.71.